The predicted octanol–water partition coefficient (Wildman–Crippen LogP) is 3.65. The zero-order valence-electron chi connectivity index (χ0n) is 12.7. The summed E-state index contributed by atoms with van der Waals surface area (Å²) in [6.45, 7) is 8.88. The van der Waals surface area contributed by atoms with Crippen molar-refractivity contribution in [2.24, 2.45) is 5.73 Å². The van der Waals surface area contributed by atoms with E-state index in [1.54, 1.807) is 0 Å². The van der Waals surface area contributed by atoms with Crippen LogP contribution in [0.4, 0.5) is 0 Å². The average molecular weight is 260 g/mol. The van der Waals surface area contributed by atoms with Gasteiger partial charge in [-0.1, -0.05) is 51.0 Å². The fourth-order valence-electron chi connectivity index (χ4n) is 3.89. The van der Waals surface area contributed by atoms with Gasteiger partial charge in [-0.25, -0.2) is 0 Å². The summed E-state index contributed by atoms with van der Waals surface area (Å²) < 4.78 is 0. The summed E-state index contributed by atoms with van der Waals surface area (Å²) >= 11 is 0. The SMILES string of the molecule is CCN(CC)C1(C(N)c2ccccc2C)CCCC1. The maximum absolute atomic E-state index is 6.75. The van der Waals surface area contributed by atoms with E-state index in [9.17, 15) is 0 Å². The third-order valence-corrected chi connectivity index (χ3v) is 4.97. The molecule has 0 bridgehead atoms. The summed E-state index contributed by atoms with van der Waals surface area (Å²) in [6, 6.07) is 8.75. The molecule has 1 aromatic rings. The lowest BCUT2D eigenvalue weighted by Gasteiger charge is -2.45. The summed E-state index contributed by atoms with van der Waals surface area (Å²) in [6.07, 6.45) is 5.11. The van der Waals surface area contributed by atoms with E-state index in [0.29, 0.717) is 0 Å². The molecule has 2 rings (SSSR count). The first-order valence-electron chi connectivity index (χ1n) is 7.72. The molecule has 1 saturated carbocycles. The molecule has 0 saturated heterocycles. The molecule has 0 heterocycles. The topological polar surface area (TPSA) is 29.3 Å². The van der Waals surface area contributed by atoms with Crippen LogP contribution >= 0.6 is 0 Å². The Hall–Kier alpha value is -0.860. The molecule has 1 fully saturated rings. The van der Waals surface area contributed by atoms with Crippen LogP contribution in [-0.4, -0.2) is 23.5 Å². The Morgan fingerprint density at radius 3 is 2.26 bits per heavy atom. The summed E-state index contributed by atoms with van der Waals surface area (Å²) in [7, 11) is 0. The van der Waals surface area contributed by atoms with E-state index >= 15 is 0 Å². The van der Waals surface area contributed by atoms with Crippen molar-refractivity contribution >= 4 is 0 Å². The van der Waals surface area contributed by atoms with Crippen LogP contribution in [0.3, 0.4) is 0 Å². The molecule has 1 aliphatic rings. The van der Waals surface area contributed by atoms with Crippen molar-refractivity contribution in [1.82, 2.24) is 4.90 Å². The minimum Gasteiger partial charge on any atom is -0.322 e. The molecule has 2 heteroatoms. The molecule has 2 N–H and O–H groups in total. The van der Waals surface area contributed by atoms with Crippen molar-refractivity contribution in [2.45, 2.75) is 58.0 Å². The summed E-state index contributed by atoms with van der Waals surface area (Å²) in [4.78, 5) is 2.59. The average Bonchev–Trinajstić information content (AvgIpc) is 2.90. The number of likely N-dealkylation sites (N-methyl/N-ethyl adjacent to an activating group) is 1. The second-order valence-corrected chi connectivity index (χ2v) is 5.82. The van der Waals surface area contributed by atoms with Crippen LogP contribution in [0.5, 0.6) is 0 Å². The fourth-order valence-corrected chi connectivity index (χ4v) is 3.89. The van der Waals surface area contributed by atoms with Gasteiger partial charge in [0.2, 0.25) is 0 Å². The molecule has 19 heavy (non-hydrogen) atoms. The minimum absolute atomic E-state index is 0.135. The van der Waals surface area contributed by atoms with Gasteiger partial charge in [-0.05, 0) is 44.0 Å². The zero-order valence-corrected chi connectivity index (χ0v) is 12.7. The second-order valence-electron chi connectivity index (χ2n) is 5.82. The second kappa shape index (κ2) is 6.06. The number of aryl methyl sites for hydroxylation is 1. The normalized spacial score (nSPS) is 19.8. The third-order valence-electron chi connectivity index (χ3n) is 4.97. The number of hydrogen-bond acceptors (Lipinski definition) is 2. The molecule has 1 unspecified atom stereocenters. The van der Waals surface area contributed by atoms with Gasteiger partial charge in [-0.2, -0.15) is 0 Å². The molecule has 0 aliphatic heterocycles. The molecule has 0 spiro atoms. The smallest absolute Gasteiger partial charge is 0.0484 e. The van der Waals surface area contributed by atoms with Gasteiger partial charge in [0.05, 0.1) is 0 Å². The van der Waals surface area contributed by atoms with Crippen molar-refractivity contribution in [3.05, 3.63) is 35.4 Å². The number of rotatable bonds is 5. The van der Waals surface area contributed by atoms with E-state index in [1.165, 1.54) is 36.8 Å². The molecule has 1 aliphatic carbocycles. The third kappa shape index (κ3) is 2.56. The van der Waals surface area contributed by atoms with Crippen molar-refractivity contribution in [3.8, 4) is 0 Å². The highest BCUT2D eigenvalue weighted by Crippen LogP contribution is 2.43. The maximum atomic E-state index is 6.75. The van der Waals surface area contributed by atoms with Gasteiger partial charge in [0.25, 0.3) is 0 Å². The molecule has 1 aromatic carbocycles. The Morgan fingerprint density at radius 1 is 1.16 bits per heavy atom. The van der Waals surface area contributed by atoms with Crippen molar-refractivity contribution in [1.29, 1.82) is 0 Å². The summed E-state index contributed by atoms with van der Waals surface area (Å²) in [5.74, 6) is 0. The monoisotopic (exact) mass is 260 g/mol. The largest absolute Gasteiger partial charge is 0.322 e. The van der Waals surface area contributed by atoms with Crippen LogP contribution in [0.2, 0.25) is 0 Å². The Morgan fingerprint density at radius 2 is 1.74 bits per heavy atom. The fraction of sp³-hybridized carbons (Fsp3) is 0.647. The van der Waals surface area contributed by atoms with Crippen LogP contribution in [0.25, 0.3) is 0 Å². The van der Waals surface area contributed by atoms with Crippen LogP contribution in [0.15, 0.2) is 24.3 Å². The highest BCUT2D eigenvalue weighted by molar-refractivity contribution is 5.31. The Kier molecular flexibility index (Phi) is 4.64. The van der Waals surface area contributed by atoms with E-state index in [0.717, 1.165) is 13.1 Å². The first-order valence-corrected chi connectivity index (χ1v) is 7.72. The lowest BCUT2D eigenvalue weighted by atomic mass is 9.81. The van der Waals surface area contributed by atoms with Crippen molar-refractivity contribution in [2.75, 3.05) is 13.1 Å². The van der Waals surface area contributed by atoms with E-state index in [1.807, 2.05) is 0 Å². The van der Waals surface area contributed by atoms with E-state index in [4.69, 9.17) is 5.73 Å². The van der Waals surface area contributed by atoms with Gasteiger partial charge >= 0.3 is 0 Å². The molecule has 1 atom stereocenters. The lowest BCUT2D eigenvalue weighted by Crippen LogP contribution is -2.53. The van der Waals surface area contributed by atoms with Gasteiger partial charge in [-0.15, -0.1) is 0 Å². The zero-order chi connectivity index (χ0) is 13.9. The first-order chi connectivity index (χ1) is 9.15. The van der Waals surface area contributed by atoms with Gasteiger partial charge in [0.15, 0.2) is 0 Å². The van der Waals surface area contributed by atoms with Crippen LogP contribution in [0.1, 0.15) is 56.7 Å². The van der Waals surface area contributed by atoms with E-state index in [-0.39, 0.29) is 11.6 Å². The predicted molar refractivity (Wildman–Crippen MR) is 82.2 cm³/mol. The summed E-state index contributed by atoms with van der Waals surface area (Å²) in [5, 5.41) is 0. The molecular weight excluding hydrogens is 232 g/mol. The summed E-state index contributed by atoms with van der Waals surface area (Å²) in [5.41, 5.74) is 9.58. The standard InChI is InChI=1S/C17H28N2/c1-4-19(5-2)17(12-8-9-13-17)16(18)15-11-7-6-10-14(15)3/h6-7,10-11,16H,4-5,8-9,12-13,18H2,1-3H3. The molecular formula is C17H28N2. The van der Waals surface area contributed by atoms with Crippen LogP contribution in [-0.2, 0) is 0 Å². The van der Waals surface area contributed by atoms with Crippen molar-refractivity contribution in [3.63, 3.8) is 0 Å². The first kappa shape index (κ1) is 14.5. The number of benzene rings is 1. The van der Waals surface area contributed by atoms with Gasteiger partial charge in [-0.3, -0.25) is 4.90 Å². The quantitative estimate of drug-likeness (QED) is 0.875. The van der Waals surface area contributed by atoms with E-state index in [2.05, 4.69) is 49.9 Å². The van der Waals surface area contributed by atoms with Crippen LogP contribution in [0, 0.1) is 6.92 Å². The number of nitrogens with zero attached hydrogens (tertiary/aromatic N) is 1. The molecule has 0 aromatic heterocycles. The molecule has 0 radical (unpaired) electrons. The highest BCUT2D eigenvalue weighted by atomic mass is 15.2. The van der Waals surface area contributed by atoms with Crippen molar-refractivity contribution < 1.29 is 0 Å². The lowest BCUT2D eigenvalue weighted by molar-refractivity contribution is 0.0768. The molecule has 2 nitrogen and oxygen atoms in total. The minimum atomic E-state index is 0.135. The molecule has 0 amide bonds. The molecule has 106 valence electrons. The Bertz CT molecular complexity index is 403. The maximum Gasteiger partial charge on any atom is 0.0484 e. The van der Waals surface area contributed by atoms with Gasteiger partial charge in [0.1, 0.15) is 0 Å². The van der Waals surface area contributed by atoms with Crippen LogP contribution < -0.4 is 5.73 Å². The Labute approximate surface area is 118 Å². The number of hydrogen-bond donors (Lipinski definition) is 1. The highest BCUT2D eigenvalue weighted by Gasteiger charge is 2.44. The van der Waals surface area contributed by atoms with Gasteiger partial charge < -0.3 is 5.73 Å². The number of nitrogens with two attached hydrogens (primary N) is 1. The van der Waals surface area contributed by atoms with E-state index < -0.39 is 0 Å². The Balaban J connectivity index is 2.37. The van der Waals surface area contributed by atoms with Gasteiger partial charge in [0, 0.05) is 11.6 Å².